The van der Waals surface area contributed by atoms with E-state index in [4.69, 9.17) is 9.47 Å². The van der Waals surface area contributed by atoms with Crippen molar-refractivity contribution in [3.8, 4) is 0 Å². The first-order valence-corrected chi connectivity index (χ1v) is 14.3. The lowest BCUT2D eigenvalue weighted by Crippen LogP contribution is -2.36. The maximum absolute atomic E-state index is 12.5. The minimum atomic E-state index is -0.321. The zero-order valence-corrected chi connectivity index (χ0v) is 22.4. The van der Waals surface area contributed by atoms with Crippen LogP contribution in [0.1, 0.15) is 143 Å². The van der Waals surface area contributed by atoms with Gasteiger partial charge in [-0.2, -0.15) is 0 Å². The van der Waals surface area contributed by atoms with Crippen molar-refractivity contribution in [1.82, 2.24) is 0 Å². The van der Waals surface area contributed by atoms with Crippen LogP contribution in [-0.2, 0) is 19.1 Å². The fourth-order valence-corrected chi connectivity index (χ4v) is 4.89. The Morgan fingerprint density at radius 3 is 1.52 bits per heavy atom. The summed E-state index contributed by atoms with van der Waals surface area (Å²) >= 11 is 0. The fourth-order valence-electron chi connectivity index (χ4n) is 4.89. The van der Waals surface area contributed by atoms with Crippen LogP contribution < -0.4 is 0 Å². The molecular weight excluding hydrogens is 412 g/mol. The molecule has 4 nitrogen and oxygen atoms in total. The third-order valence-electron chi connectivity index (χ3n) is 6.89. The summed E-state index contributed by atoms with van der Waals surface area (Å²) in [6, 6.07) is 0. The van der Waals surface area contributed by atoms with Gasteiger partial charge in [0.2, 0.25) is 0 Å². The molecule has 0 aromatic heterocycles. The van der Waals surface area contributed by atoms with E-state index in [1.165, 1.54) is 77.0 Å². The molecule has 33 heavy (non-hydrogen) atoms. The van der Waals surface area contributed by atoms with Crippen molar-refractivity contribution in [2.24, 2.45) is 17.8 Å². The van der Waals surface area contributed by atoms with Gasteiger partial charge in [0.05, 0.1) is 24.5 Å². The molecule has 2 atom stereocenters. The van der Waals surface area contributed by atoms with E-state index in [9.17, 15) is 9.59 Å². The lowest BCUT2D eigenvalue weighted by Gasteiger charge is -2.28. The van der Waals surface area contributed by atoms with Gasteiger partial charge in [0.15, 0.2) is 0 Å². The summed E-state index contributed by atoms with van der Waals surface area (Å²) in [5.74, 6) is -0.201. The first-order chi connectivity index (χ1) is 15.9. The minimum absolute atomic E-state index is 0.138. The Kier molecular flexibility index (Phi) is 17.5. The summed E-state index contributed by atoms with van der Waals surface area (Å²) in [7, 11) is 0. The van der Waals surface area contributed by atoms with Crippen molar-refractivity contribution >= 4 is 11.9 Å². The van der Waals surface area contributed by atoms with E-state index in [1.54, 1.807) is 0 Å². The highest BCUT2D eigenvalue weighted by Gasteiger charge is 2.38. The van der Waals surface area contributed by atoms with Crippen LogP contribution >= 0.6 is 0 Å². The maximum Gasteiger partial charge on any atom is 0.310 e. The van der Waals surface area contributed by atoms with Gasteiger partial charge in [-0.3, -0.25) is 9.59 Å². The van der Waals surface area contributed by atoms with Crippen molar-refractivity contribution in [3.05, 3.63) is 0 Å². The molecule has 0 saturated heterocycles. The molecule has 1 fully saturated rings. The number of hydrogen-bond acceptors (Lipinski definition) is 4. The lowest BCUT2D eigenvalue weighted by molar-refractivity contribution is -0.165. The van der Waals surface area contributed by atoms with E-state index in [0.717, 1.165) is 44.4 Å². The standard InChI is InChI=1S/C29H54O4/c1-24(2)20-16-14-12-10-8-6-5-7-9-11-13-15-19-23-32-28(30)26-21-17-18-22-27(26)29(31)33-25(3)4/h24-27H,5-23H2,1-4H3. The maximum atomic E-state index is 12.5. The smallest absolute Gasteiger partial charge is 0.310 e. The molecular formula is C29H54O4. The van der Waals surface area contributed by atoms with Crippen LogP contribution in [0.4, 0.5) is 0 Å². The summed E-state index contributed by atoms with van der Waals surface area (Å²) in [6.45, 7) is 8.82. The molecule has 1 aliphatic rings. The molecule has 2 unspecified atom stereocenters. The molecule has 0 aromatic carbocycles. The molecule has 0 aliphatic heterocycles. The van der Waals surface area contributed by atoms with Gasteiger partial charge in [0.25, 0.3) is 0 Å². The molecule has 0 heterocycles. The Bertz CT molecular complexity index is 500. The molecule has 0 aromatic rings. The number of esters is 2. The van der Waals surface area contributed by atoms with Gasteiger partial charge < -0.3 is 9.47 Å². The molecule has 0 spiro atoms. The monoisotopic (exact) mass is 466 g/mol. The third kappa shape index (κ3) is 15.5. The van der Waals surface area contributed by atoms with Crippen molar-refractivity contribution in [2.75, 3.05) is 6.61 Å². The Morgan fingerprint density at radius 1 is 0.636 bits per heavy atom. The number of ether oxygens (including phenoxy) is 2. The summed E-state index contributed by atoms with van der Waals surface area (Å²) in [5, 5.41) is 0. The van der Waals surface area contributed by atoms with Gasteiger partial charge in [-0.15, -0.1) is 0 Å². The average molecular weight is 467 g/mol. The summed E-state index contributed by atoms with van der Waals surface area (Å²) < 4.78 is 10.9. The zero-order valence-electron chi connectivity index (χ0n) is 22.4. The normalized spacial score (nSPS) is 18.6. The molecule has 4 heteroatoms. The van der Waals surface area contributed by atoms with Crippen molar-refractivity contribution in [1.29, 1.82) is 0 Å². The molecule has 0 bridgehead atoms. The van der Waals surface area contributed by atoms with E-state index in [1.807, 2.05) is 13.8 Å². The quantitative estimate of drug-likeness (QED) is 0.142. The van der Waals surface area contributed by atoms with Gasteiger partial charge in [-0.05, 0) is 39.0 Å². The number of hydrogen-bond donors (Lipinski definition) is 0. The Hall–Kier alpha value is -1.06. The number of rotatable bonds is 19. The van der Waals surface area contributed by atoms with Crippen LogP contribution in [0, 0.1) is 17.8 Å². The molecule has 1 saturated carbocycles. The van der Waals surface area contributed by atoms with E-state index in [2.05, 4.69) is 13.8 Å². The van der Waals surface area contributed by atoms with Crippen molar-refractivity contribution < 1.29 is 19.1 Å². The second kappa shape index (κ2) is 19.3. The number of carbonyl (C=O) groups is 2. The van der Waals surface area contributed by atoms with Gasteiger partial charge in [-0.1, -0.05) is 110 Å². The number of unbranched alkanes of at least 4 members (excludes halogenated alkanes) is 12. The van der Waals surface area contributed by atoms with Crippen LogP contribution in [0.3, 0.4) is 0 Å². The topological polar surface area (TPSA) is 52.6 Å². The predicted molar refractivity (Wildman–Crippen MR) is 137 cm³/mol. The highest BCUT2D eigenvalue weighted by atomic mass is 16.5. The van der Waals surface area contributed by atoms with Gasteiger partial charge in [0, 0.05) is 0 Å². The van der Waals surface area contributed by atoms with Gasteiger partial charge in [0.1, 0.15) is 0 Å². The lowest BCUT2D eigenvalue weighted by atomic mass is 9.79. The van der Waals surface area contributed by atoms with Gasteiger partial charge >= 0.3 is 11.9 Å². The second-order valence-corrected chi connectivity index (χ2v) is 10.9. The third-order valence-corrected chi connectivity index (χ3v) is 6.89. The van der Waals surface area contributed by atoms with Gasteiger partial charge in [-0.25, -0.2) is 0 Å². The van der Waals surface area contributed by atoms with E-state index in [0.29, 0.717) is 6.61 Å². The Morgan fingerprint density at radius 2 is 1.06 bits per heavy atom. The highest BCUT2D eigenvalue weighted by Crippen LogP contribution is 2.32. The van der Waals surface area contributed by atoms with Crippen LogP contribution in [-0.4, -0.2) is 24.6 Å². The summed E-state index contributed by atoms with van der Waals surface area (Å²) in [4.78, 5) is 24.9. The van der Waals surface area contributed by atoms with Crippen LogP contribution in [0.5, 0.6) is 0 Å². The Labute approximate surface area is 205 Å². The van der Waals surface area contributed by atoms with E-state index >= 15 is 0 Å². The van der Waals surface area contributed by atoms with Crippen molar-refractivity contribution in [2.45, 2.75) is 149 Å². The molecule has 0 N–H and O–H groups in total. The predicted octanol–water partition coefficient (Wildman–Crippen LogP) is 8.41. The molecule has 0 radical (unpaired) electrons. The first kappa shape index (κ1) is 30.0. The highest BCUT2D eigenvalue weighted by molar-refractivity contribution is 5.82. The second-order valence-electron chi connectivity index (χ2n) is 10.9. The largest absolute Gasteiger partial charge is 0.465 e. The molecule has 194 valence electrons. The average Bonchev–Trinajstić information content (AvgIpc) is 2.78. The van der Waals surface area contributed by atoms with Crippen LogP contribution in [0.2, 0.25) is 0 Å². The molecule has 1 aliphatic carbocycles. The minimum Gasteiger partial charge on any atom is -0.465 e. The Balaban J connectivity index is 1.95. The SMILES string of the molecule is CC(C)CCCCCCCCCCCCCCCOC(=O)C1CCCCC1C(=O)OC(C)C. The molecule has 0 amide bonds. The van der Waals surface area contributed by atoms with Crippen molar-refractivity contribution in [3.63, 3.8) is 0 Å². The van der Waals surface area contributed by atoms with E-state index < -0.39 is 0 Å². The van der Waals surface area contributed by atoms with Crippen LogP contribution in [0.25, 0.3) is 0 Å². The van der Waals surface area contributed by atoms with E-state index in [-0.39, 0.29) is 29.9 Å². The van der Waals surface area contributed by atoms with Crippen LogP contribution in [0.15, 0.2) is 0 Å². The summed E-state index contributed by atoms with van der Waals surface area (Å²) in [5.41, 5.74) is 0. The first-order valence-electron chi connectivity index (χ1n) is 14.3. The fraction of sp³-hybridized carbons (Fsp3) is 0.931. The number of carbonyl (C=O) groups excluding carboxylic acids is 2. The summed E-state index contributed by atoms with van der Waals surface area (Å²) in [6.07, 6.45) is 21.8. The molecule has 1 rings (SSSR count). The zero-order chi connectivity index (χ0) is 24.3.